The Morgan fingerprint density at radius 2 is 1.88 bits per heavy atom. The first-order chi connectivity index (χ1) is 7.63. The quantitative estimate of drug-likeness (QED) is 0.749. The maximum Gasteiger partial charge on any atom is 0.0192 e. The summed E-state index contributed by atoms with van der Waals surface area (Å²) < 4.78 is 0. The molecule has 1 heterocycles. The van der Waals surface area contributed by atoms with Gasteiger partial charge in [-0.3, -0.25) is 4.90 Å². The molecule has 1 saturated heterocycles. The molecule has 2 heteroatoms. The predicted molar refractivity (Wildman–Crippen MR) is 71.8 cm³/mol. The van der Waals surface area contributed by atoms with E-state index in [0.29, 0.717) is 12.1 Å². The lowest BCUT2D eigenvalue weighted by Gasteiger charge is -2.35. The van der Waals surface area contributed by atoms with E-state index >= 15 is 0 Å². The van der Waals surface area contributed by atoms with E-state index in [1.54, 1.807) is 0 Å². The van der Waals surface area contributed by atoms with Crippen LogP contribution in [0.2, 0.25) is 0 Å². The standard InChI is InChI=1S/C14H30N2/c1-5-6-13(3)15-11-14(4)16-9-7-12(2)8-10-16/h12-15H,5-11H2,1-4H3. The van der Waals surface area contributed by atoms with Crippen LogP contribution in [0.4, 0.5) is 0 Å². The van der Waals surface area contributed by atoms with Crippen molar-refractivity contribution in [3.63, 3.8) is 0 Å². The summed E-state index contributed by atoms with van der Waals surface area (Å²) in [6.07, 6.45) is 5.34. The van der Waals surface area contributed by atoms with Crippen molar-refractivity contribution in [1.82, 2.24) is 10.2 Å². The van der Waals surface area contributed by atoms with Crippen molar-refractivity contribution < 1.29 is 0 Å². The average molecular weight is 226 g/mol. The van der Waals surface area contributed by atoms with Gasteiger partial charge in [-0.25, -0.2) is 0 Å². The average Bonchev–Trinajstić information content (AvgIpc) is 2.27. The first kappa shape index (κ1) is 14.0. The van der Waals surface area contributed by atoms with Crippen molar-refractivity contribution in [3.8, 4) is 0 Å². The number of piperidine rings is 1. The molecule has 1 N–H and O–H groups in total. The normalized spacial score (nSPS) is 23.2. The Morgan fingerprint density at radius 3 is 2.44 bits per heavy atom. The lowest BCUT2D eigenvalue weighted by atomic mass is 9.98. The summed E-state index contributed by atoms with van der Waals surface area (Å²) in [5.74, 6) is 0.940. The number of rotatable bonds is 6. The van der Waals surface area contributed by atoms with Crippen LogP contribution in [0.25, 0.3) is 0 Å². The summed E-state index contributed by atoms with van der Waals surface area (Å²) in [7, 11) is 0. The van der Waals surface area contributed by atoms with Gasteiger partial charge in [-0.05, 0) is 52.1 Å². The van der Waals surface area contributed by atoms with Gasteiger partial charge in [0.15, 0.2) is 0 Å². The molecular formula is C14H30N2. The van der Waals surface area contributed by atoms with E-state index in [-0.39, 0.29) is 0 Å². The Balaban J connectivity index is 2.16. The monoisotopic (exact) mass is 226 g/mol. The zero-order valence-electron chi connectivity index (χ0n) is 11.6. The Morgan fingerprint density at radius 1 is 1.25 bits per heavy atom. The summed E-state index contributed by atoms with van der Waals surface area (Å²) >= 11 is 0. The molecule has 0 aromatic carbocycles. The largest absolute Gasteiger partial charge is 0.313 e. The van der Waals surface area contributed by atoms with Crippen LogP contribution in [0.1, 0.15) is 53.4 Å². The molecule has 2 nitrogen and oxygen atoms in total. The van der Waals surface area contributed by atoms with Crippen molar-refractivity contribution in [1.29, 1.82) is 0 Å². The van der Waals surface area contributed by atoms with Crippen LogP contribution < -0.4 is 5.32 Å². The minimum atomic E-state index is 0.677. The van der Waals surface area contributed by atoms with Crippen LogP contribution in [0.5, 0.6) is 0 Å². The Bertz CT molecular complexity index is 174. The van der Waals surface area contributed by atoms with Crippen LogP contribution in [0, 0.1) is 5.92 Å². The molecule has 96 valence electrons. The van der Waals surface area contributed by atoms with E-state index in [2.05, 4.69) is 37.9 Å². The third-order valence-electron chi connectivity index (χ3n) is 3.92. The fraction of sp³-hybridized carbons (Fsp3) is 1.00. The van der Waals surface area contributed by atoms with Gasteiger partial charge >= 0.3 is 0 Å². The molecule has 0 saturated carbocycles. The van der Waals surface area contributed by atoms with Crippen molar-refractivity contribution in [2.24, 2.45) is 5.92 Å². The summed E-state index contributed by atoms with van der Waals surface area (Å²) in [6, 6.07) is 1.38. The molecule has 16 heavy (non-hydrogen) atoms. The molecule has 0 aliphatic carbocycles. The first-order valence-electron chi connectivity index (χ1n) is 7.11. The highest BCUT2D eigenvalue weighted by Gasteiger charge is 2.20. The van der Waals surface area contributed by atoms with Crippen LogP contribution in [-0.2, 0) is 0 Å². The van der Waals surface area contributed by atoms with Gasteiger partial charge < -0.3 is 5.32 Å². The second-order valence-electron chi connectivity index (χ2n) is 5.67. The van der Waals surface area contributed by atoms with E-state index in [4.69, 9.17) is 0 Å². The van der Waals surface area contributed by atoms with Crippen LogP contribution >= 0.6 is 0 Å². The third-order valence-corrected chi connectivity index (χ3v) is 3.92. The van der Waals surface area contributed by atoms with E-state index in [1.165, 1.54) is 38.8 Å². The SMILES string of the molecule is CCCC(C)NCC(C)N1CCC(C)CC1. The molecule has 2 atom stereocenters. The summed E-state index contributed by atoms with van der Waals surface area (Å²) in [4.78, 5) is 2.64. The number of nitrogens with zero attached hydrogens (tertiary/aromatic N) is 1. The molecule has 0 spiro atoms. The van der Waals surface area contributed by atoms with Gasteiger partial charge in [-0.2, -0.15) is 0 Å². The topological polar surface area (TPSA) is 15.3 Å². The summed E-state index contributed by atoms with van der Waals surface area (Å²) in [6.45, 7) is 13.0. The van der Waals surface area contributed by atoms with Crippen molar-refractivity contribution >= 4 is 0 Å². The highest BCUT2D eigenvalue weighted by molar-refractivity contribution is 4.76. The van der Waals surface area contributed by atoms with Crippen LogP contribution in [0.3, 0.4) is 0 Å². The van der Waals surface area contributed by atoms with Gasteiger partial charge in [-0.1, -0.05) is 20.3 Å². The highest BCUT2D eigenvalue weighted by atomic mass is 15.2. The second-order valence-corrected chi connectivity index (χ2v) is 5.67. The van der Waals surface area contributed by atoms with Crippen molar-refractivity contribution in [3.05, 3.63) is 0 Å². The zero-order chi connectivity index (χ0) is 12.0. The molecule has 1 aliphatic rings. The zero-order valence-corrected chi connectivity index (χ0v) is 11.6. The molecular weight excluding hydrogens is 196 g/mol. The Hall–Kier alpha value is -0.0800. The maximum absolute atomic E-state index is 3.65. The van der Waals surface area contributed by atoms with Gasteiger partial charge in [0.2, 0.25) is 0 Å². The van der Waals surface area contributed by atoms with E-state index in [0.717, 1.165) is 12.5 Å². The minimum Gasteiger partial charge on any atom is -0.313 e. The van der Waals surface area contributed by atoms with Gasteiger partial charge in [0.05, 0.1) is 0 Å². The molecule has 1 fully saturated rings. The summed E-state index contributed by atoms with van der Waals surface area (Å²) in [5, 5.41) is 3.65. The maximum atomic E-state index is 3.65. The fourth-order valence-corrected chi connectivity index (χ4v) is 2.51. The lowest BCUT2D eigenvalue weighted by molar-refractivity contribution is 0.142. The molecule has 2 unspecified atom stereocenters. The van der Waals surface area contributed by atoms with Crippen LogP contribution in [-0.4, -0.2) is 36.6 Å². The molecule has 1 rings (SSSR count). The molecule has 0 aromatic rings. The van der Waals surface area contributed by atoms with Gasteiger partial charge in [-0.15, -0.1) is 0 Å². The highest BCUT2D eigenvalue weighted by Crippen LogP contribution is 2.17. The number of hydrogen-bond donors (Lipinski definition) is 1. The predicted octanol–water partition coefficient (Wildman–Crippen LogP) is 2.89. The molecule has 0 amide bonds. The van der Waals surface area contributed by atoms with Crippen molar-refractivity contribution in [2.45, 2.75) is 65.5 Å². The molecule has 1 aliphatic heterocycles. The molecule has 0 aromatic heterocycles. The van der Waals surface area contributed by atoms with Crippen LogP contribution in [0.15, 0.2) is 0 Å². The second kappa shape index (κ2) is 7.29. The number of nitrogens with one attached hydrogen (secondary N) is 1. The number of hydrogen-bond acceptors (Lipinski definition) is 2. The van der Waals surface area contributed by atoms with Gasteiger partial charge in [0.25, 0.3) is 0 Å². The van der Waals surface area contributed by atoms with Crippen molar-refractivity contribution in [2.75, 3.05) is 19.6 Å². The smallest absolute Gasteiger partial charge is 0.0192 e. The molecule has 0 bridgehead atoms. The fourth-order valence-electron chi connectivity index (χ4n) is 2.51. The van der Waals surface area contributed by atoms with Gasteiger partial charge in [0.1, 0.15) is 0 Å². The molecule has 0 radical (unpaired) electrons. The number of likely N-dealkylation sites (tertiary alicyclic amines) is 1. The Kier molecular flexibility index (Phi) is 6.37. The minimum absolute atomic E-state index is 0.677. The van der Waals surface area contributed by atoms with Gasteiger partial charge in [0, 0.05) is 18.6 Å². The first-order valence-corrected chi connectivity index (χ1v) is 7.11. The lowest BCUT2D eigenvalue weighted by Crippen LogP contribution is -2.46. The summed E-state index contributed by atoms with van der Waals surface area (Å²) in [5.41, 5.74) is 0. The third kappa shape index (κ3) is 4.84. The van der Waals surface area contributed by atoms with E-state index in [1.807, 2.05) is 0 Å². The van der Waals surface area contributed by atoms with E-state index in [9.17, 15) is 0 Å². The van der Waals surface area contributed by atoms with E-state index < -0.39 is 0 Å². The Labute approximate surface area is 102 Å².